The van der Waals surface area contributed by atoms with Crippen LogP contribution in [0.5, 0.6) is 5.75 Å². The highest BCUT2D eigenvalue weighted by atomic mass is 16.5. The van der Waals surface area contributed by atoms with Gasteiger partial charge in [0.25, 0.3) is 0 Å². The number of aromatic nitrogens is 1. The highest BCUT2D eigenvalue weighted by molar-refractivity contribution is 5.77. The molecule has 0 fully saturated rings. The highest BCUT2D eigenvalue weighted by Gasteiger charge is 2.16. The van der Waals surface area contributed by atoms with Crippen LogP contribution in [0.25, 0.3) is 16.8 Å². The first kappa shape index (κ1) is 17.4. The van der Waals surface area contributed by atoms with Crippen molar-refractivity contribution in [1.82, 2.24) is 4.57 Å². The van der Waals surface area contributed by atoms with E-state index in [1.165, 1.54) is 0 Å². The summed E-state index contributed by atoms with van der Waals surface area (Å²) in [6.07, 6.45) is 1.90. The summed E-state index contributed by atoms with van der Waals surface area (Å²) in [7, 11) is 0. The zero-order valence-electron chi connectivity index (χ0n) is 15.2. The number of nitrogens with zero attached hydrogens (tertiary/aromatic N) is 2. The average Bonchev–Trinajstić information content (AvgIpc) is 3.10. The van der Waals surface area contributed by atoms with Crippen LogP contribution in [0.2, 0.25) is 0 Å². The summed E-state index contributed by atoms with van der Waals surface area (Å²) in [5.41, 5.74) is 10.5. The smallest absolute Gasteiger partial charge is 0.126 e. The molecule has 0 spiro atoms. The first-order chi connectivity index (χ1) is 13.8. The fourth-order valence-electron chi connectivity index (χ4n) is 3.15. The SMILES string of the molecule is N#Cc1c(-c2ccccc2)cn(-c2cccc(OCc3ccccc3)c2)c1N. The Balaban J connectivity index is 1.66. The van der Waals surface area contributed by atoms with E-state index >= 15 is 0 Å². The maximum absolute atomic E-state index is 9.62. The maximum Gasteiger partial charge on any atom is 0.126 e. The van der Waals surface area contributed by atoms with E-state index in [0.717, 1.165) is 28.1 Å². The maximum atomic E-state index is 9.62. The predicted octanol–water partition coefficient (Wildman–Crippen LogP) is 5.18. The number of nitrogens with two attached hydrogens (primary N) is 1. The number of hydrogen-bond donors (Lipinski definition) is 1. The van der Waals surface area contributed by atoms with Crippen LogP contribution in [0, 0.1) is 11.3 Å². The Bertz CT molecular complexity index is 1130. The molecule has 4 heteroatoms. The number of benzene rings is 3. The van der Waals surface area contributed by atoms with Crippen molar-refractivity contribution < 1.29 is 4.74 Å². The van der Waals surface area contributed by atoms with Gasteiger partial charge < -0.3 is 15.0 Å². The van der Waals surface area contributed by atoms with Gasteiger partial charge in [-0.25, -0.2) is 0 Å². The molecule has 0 aliphatic rings. The summed E-state index contributed by atoms with van der Waals surface area (Å²) < 4.78 is 7.75. The second-order valence-electron chi connectivity index (χ2n) is 6.42. The fraction of sp³-hybridized carbons (Fsp3) is 0.0417. The number of nitriles is 1. The number of nitrogen functional groups attached to an aromatic ring is 1. The van der Waals surface area contributed by atoms with E-state index in [1.54, 1.807) is 0 Å². The minimum atomic E-state index is 0.418. The van der Waals surface area contributed by atoms with Gasteiger partial charge in [0.15, 0.2) is 0 Å². The van der Waals surface area contributed by atoms with Crippen molar-refractivity contribution in [3.8, 4) is 28.6 Å². The number of rotatable bonds is 5. The zero-order chi connectivity index (χ0) is 19.3. The molecule has 0 aliphatic heterocycles. The van der Waals surface area contributed by atoms with Gasteiger partial charge in [0.2, 0.25) is 0 Å². The predicted molar refractivity (Wildman–Crippen MR) is 111 cm³/mol. The quantitative estimate of drug-likeness (QED) is 0.530. The molecule has 1 heterocycles. The molecule has 136 valence electrons. The molecule has 0 saturated carbocycles. The van der Waals surface area contributed by atoms with Crippen molar-refractivity contribution in [2.75, 3.05) is 5.73 Å². The van der Waals surface area contributed by atoms with Gasteiger partial charge in [-0.05, 0) is 23.3 Å². The Morgan fingerprint density at radius 2 is 1.61 bits per heavy atom. The lowest BCUT2D eigenvalue weighted by Gasteiger charge is -2.10. The molecular formula is C24H19N3O. The minimum Gasteiger partial charge on any atom is -0.489 e. The van der Waals surface area contributed by atoms with Crippen molar-refractivity contribution in [1.29, 1.82) is 5.26 Å². The van der Waals surface area contributed by atoms with Crippen molar-refractivity contribution in [3.05, 3.63) is 102 Å². The van der Waals surface area contributed by atoms with Gasteiger partial charge in [-0.3, -0.25) is 0 Å². The summed E-state index contributed by atoms with van der Waals surface area (Å²) >= 11 is 0. The third-order valence-corrected chi connectivity index (χ3v) is 4.58. The number of anilines is 1. The van der Waals surface area contributed by atoms with E-state index in [-0.39, 0.29) is 0 Å². The topological polar surface area (TPSA) is 64.0 Å². The van der Waals surface area contributed by atoms with E-state index in [9.17, 15) is 5.26 Å². The number of hydrogen-bond acceptors (Lipinski definition) is 3. The first-order valence-electron chi connectivity index (χ1n) is 9.00. The molecule has 0 radical (unpaired) electrons. The van der Waals surface area contributed by atoms with Gasteiger partial charge in [-0.2, -0.15) is 5.26 Å². The van der Waals surface area contributed by atoms with Crippen LogP contribution in [0.4, 0.5) is 5.82 Å². The highest BCUT2D eigenvalue weighted by Crippen LogP contribution is 2.32. The van der Waals surface area contributed by atoms with Crippen LogP contribution in [-0.4, -0.2) is 4.57 Å². The van der Waals surface area contributed by atoms with Crippen LogP contribution < -0.4 is 10.5 Å². The fourth-order valence-corrected chi connectivity index (χ4v) is 3.15. The van der Waals surface area contributed by atoms with Gasteiger partial charge in [0.05, 0.1) is 5.69 Å². The molecule has 0 saturated heterocycles. The summed E-state index contributed by atoms with van der Waals surface area (Å²) in [4.78, 5) is 0. The van der Waals surface area contributed by atoms with Crippen molar-refractivity contribution >= 4 is 5.82 Å². The molecule has 4 rings (SSSR count). The summed E-state index contributed by atoms with van der Waals surface area (Å²) in [6.45, 7) is 0.490. The van der Waals surface area contributed by atoms with Gasteiger partial charge in [-0.1, -0.05) is 66.7 Å². The van der Waals surface area contributed by atoms with E-state index in [4.69, 9.17) is 10.5 Å². The molecule has 1 aromatic heterocycles. The standard InChI is InChI=1S/C24H19N3O/c25-15-22-23(19-10-5-2-6-11-19)16-27(24(22)26)20-12-7-13-21(14-20)28-17-18-8-3-1-4-9-18/h1-14,16H,17,26H2. The molecule has 0 unspecified atom stereocenters. The van der Waals surface area contributed by atoms with E-state index < -0.39 is 0 Å². The third-order valence-electron chi connectivity index (χ3n) is 4.58. The molecule has 28 heavy (non-hydrogen) atoms. The average molecular weight is 365 g/mol. The van der Waals surface area contributed by atoms with E-state index in [1.807, 2.05) is 95.7 Å². The molecule has 2 N–H and O–H groups in total. The molecule has 4 aromatic rings. The largest absolute Gasteiger partial charge is 0.489 e. The lowest BCUT2D eigenvalue weighted by Crippen LogP contribution is -2.01. The second-order valence-corrected chi connectivity index (χ2v) is 6.42. The lowest BCUT2D eigenvalue weighted by molar-refractivity contribution is 0.306. The third kappa shape index (κ3) is 3.46. The first-order valence-corrected chi connectivity index (χ1v) is 9.00. The molecule has 0 aliphatic carbocycles. The number of ether oxygens (including phenoxy) is 1. The van der Waals surface area contributed by atoms with Gasteiger partial charge in [0, 0.05) is 17.8 Å². The Hall–Kier alpha value is -3.97. The minimum absolute atomic E-state index is 0.418. The van der Waals surface area contributed by atoms with E-state index in [2.05, 4.69) is 6.07 Å². The van der Waals surface area contributed by atoms with Crippen LogP contribution in [0.3, 0.4) is 0 Å². The molecule has 0 bridgehead atoms. The van der Waals surface area contributed by atoms with E-state index in [0.29, 0.717) is 18.0 Å². The summed E-state index contributed by atoms with van der Waals surface area (Å²) in [6, 6.07) is 29.7. The van der Waals surface area contributed by atoms with Gasteiger partial charge in [-0.15, -0.1) is 0 Å². The molecule has 0 atom stereocenters. The zero-order valence-corrected chi connectivity index (χ0v) is 15.2. The molecule has 0 amide bonds. The molecular weight excluding hydrogens is 346 g/mol. The van der Waals surface area contributed by atoms with Crippen molar-refractivity contribution in [2.24, 2.45) is 0 Å². The van der Waals surface area contributed by atoms with Crippen LogP contribution in [0.15, 0.2) is 91.1 Å². The van der Waals surface area contributed by atoms with Crippen molar-refractivity contribution in [2.45, 2.75) is 6.61 Å². The van der Waals surface area contributed by atoms with Crippen molar-refractivity contribution in [3.63, 3.8) is 0 Å². The van der Waals surface area contributed by atoms with Crippen LogP contribution >= 0.6 is 0 Å². The van der Waals surface area contributed by atoms with Crippen LogP contribution in [-0.2, 0) is 6.61 Å². The Morgan fingerprint density at radius 1 is 0.893 bits per heavy atom. The van der Waals surface area contributed by atoms with Gasteiger partial charge in [0.1, 0.15) is 29.8 Å². The molecule has 4 nitrogen and oxygen atoms in total. The Kier molecular flexibility index (Phi) is 4.81. The summed E-state index contributed by atoms with van der Waals surface area (Å²) in [5.74, 6) is 1.16. The van der Waals surface area contributed by atoms with Crippen LogP contribution in [0.1, 0.15) is 11.1 Å². The lowest BCUT2D eigenvalue weighted by atomic mass is 10.1. The second kappa shape index (κ2) is 7.73. The molecule has 3 aromatic carbocycles. The Morgan fingerprint density at radius 3 is 2.32 bits per heavy atom. The monoisotopic (exact) mass is 365 g/mol. The van der Waals surface area contributed by atoms with Gasteiger partial charge >= 0.3 is 0 Å². The summed E-state index contributed by atoms with van der Waals surface area (Å²) in [5, 5.41) is 9.62. The Labute approximate surface area is 164 Å². The normalized spacial score (nSPS) is 10.4.